The molecule has 0 unspecified atom stereocenters. The van der Waals surface area contributed by atoms with E-state index in [2.05, 4.69) is 33.1 Å². The maximum Gasteiger partial charge on any atom is 0.264 e. The van der Waals surface area contributed by atoms with Gasteiger partial charge >= 0.3 is 0 Å². The van der Waals surface area contributed by atoms with Gasteiger partial charge in [-0.2, -0.15) is 5.10 Å². The molecule has 33 heavy (non-hydrogen) atoms. The molecule has 0 spiro atoms. The van der Waals surface area contributed by atoms with Crippen LogP contribution in [0, 0.1) is 10.5 Å². The number of halogens is 1. The number of nitrogens with zero attached hydrogens (tertiary/aromatic N) is 2. The lowest BCUT2D eigenvalue weighted by atomic mass is 10.1. The van der Waals surface area contributed by atoms with Crippen molar-refractivity contribution < 1.29 is 17.9 Å². The molecule has 7 nitrogen and oxygen atoms in total. The number of hydrogen-bond donors (Lipinski definition) is 1. The SMILES string of the molecule is COc1ccc(C)cc1N(CC(=O)N/N=C(/C)c1cccc(I)c1)S(=O)(=O)c1ccccc1. The van der Waals surface area contributed by atoms with Crippen LogP contribution in [0.15, 0.2) is 82.8 Å². The zero-order valence-electron chi connectivity index (χ0n) is 18.4. The van der Waals surface area contributed by atoms with Gasteiger partial charge in [0, 0.05) is 3.57 Å². The summed E-state index contributed by atoms with van der Waals surface area (Å²) in [6, 6.07) is 20.8. The summed E-state index contributed by atoms with van der Waals surface area (Å²) in [5.74, 6) is -0.241. The molecule has 0 atom stereocenters. The molecule has 1 amide bonds. The van der Waals surface area contributed by atoms with Gasteiger partial charge in [0.05, 0.1) is 23.4 Å². The minimum Gasteiger partial charge on any atom is -0.495 e. The van der Waals surface area contributed by atoms with Gasteiger partial charge < -0.3 is 4.74 Å². The maximum absolute atomic E-state index is 13.5. The van der Waals surface area contributed by atoms with Gasteiger partial charge in [-0.25, -0.2) is 13.8 Å². The first-order chi connectivity index (χ1) is 15.7. The molecule has 3 rings (SSSR count). The molecule has 0 fully saturated rings. The predicted molar refractivity (Wildman–Crippen MR) is 138 cm³/mol. The molecule has 3 aromatic rings. The number of hydrazone groups is 1. The van der Waals surface area contributed by atoms with E-state index in [-0.39, 0.29) is 10.6 Å². The maximum atomic E-state index is 13.5. The van der Waals surface area contributed by atoms with Crippen LogP contribution in [-0.2, 0) is 14.8 Å². The lowest BCUT2D eigenvalue weighted by Gasteiger charge is -2.25. The molecule has 9 heteroatoms. The lowest BCUT2D eigenvalue weighted by molar-refractivity contribution is -0.119. The molecule has 0 aliphatic heterocycles. The van der Waals surface area contributed by atoms with Crippen LogP contribution in [0.2, 0.25) is 0 Å². The number of anilines is 1. The third-order valence-corrected chi connectivity index (χ3v) is 7.26. The molecule has 1 N–H and O–H groups in total. The van der Waals surface area contributed by atoms with Crippen molar-refractivity contribution in [2.75, 3.05) is 18.0 Å². The second kappa shape index (κ2) is 10.8. The van der Waals surface area contributed by atoms with E-state index < -0.39 is 22.5 Å². The number of amides is 1. The van der Waals surface area contributed by atoms with Crippen LogP contribution in [0.4, 0.5) is 5.69 Å². The summed E-state index contributed by atoms with van der Waals surface area (Å²) in [5.41, 5.74) is 5.04. The lowest BCUT2D eigenvalue weighted by Crippen LogP contribution is -2.40. The number of rotatable bonds is 8. The summed E-state index contributed by atoms with van der Waals surface area (Å²) in [6.07, 6.45) is 0. The van der Waals surface area contributed by atoms with Crippen LogP contribution in [-0.4, -0.2) is 33.7 Å². The largest absolute Gasteiger partial charge is 0.495 e. The highest BCUT2D eigenvalue weighted by atomic mass is 127. The summed E-state index contributed by atoms with van der Waals surface area (Å²) in [4.78, 5) is 12.9. The summed E-state index contributed by atoms with van der Waals surface area (Å²) < 4.78 is 34.5. The molecule has 0 bridgehead atoms. The highest BCUT2D eigenvalue weighted by molar-refractivity contribution is 14.1. The normalized spacial score (nSPS) is 11.7. The van der Waals surface area contributed by atoms with E-state index in [9.17, 15) is 13.2 Å². The number of sulfonamides is 1. The Hall–Kier alpha value is -2.92. The van der Waals surface area contributed by atoms with E-state index in [1.165, 1.54) is 19.2 Å². The summed E-state index contributed by atoms with van der Waals surface area (Å²) in [5, 5.41) is 4.16. The van der Waals surface area contributed by atoms with E-state index in [4.69, 9.17) is 4.74 Å². The van der Waals surface area contributed by atoms with Crippen molar-refractivity contribution in [1.82, 2.24) is 5.43 Å². The molecule has 172 valence electrons. The molecule has 0 aromatic heterocycles. The third kappa shape index (κ3) is 6.11. The van der Waals surface area contributed by atoms with Crippen molar-refractivity contribution in [1.29, 1.82) is 0 Å². The summed E-state index contributed by atoms with van der Waals surface area (Å²) in [6.45, 7) is 3.14. The molecule has 0 saturated heterocycles. The Kier molecular flexibility index (Phi) is 8.09. The van der Waals surface area contributed by atoms with Crippen LogP contribution < -0.4 is 14.5 Å². The Morgan fingerprint density at radius 3 is 2.45 bits per heavy atom. The summed E-state index contributed by atoms with van der Waals surface area (Å²) in [7, 11) is -2.60. The number of aryl methyl sites for hydroxylation is 1. The van der Waals surface area contributed by atoms with Crippen molar-refractivity contribution in [3.05, 3.63) is 87.5 Å². The summed E-state index contributed by atoms with van der Waals surface area (Å²) >= 11 is 2.20. The molecule has 3 aromatic carbocycles. The fourth-order valence-corrected chi connectivity index (χ4v) is 5.09. The zero-order chi connectivity index (χ0) is 24.0. The standard InChI is InChI=1S/C24H24IN3O4S/c1-17-12-13-23(32-3)22(14-17)28(33(30,31)21-10-5-4-6-11-21)16-24(29)27-26-18(2)19-8-7-9-20(25)15-19/h4-15H,16H2,1-3H3,(H,27,29)/b26-18-. The fraction of sp³-hybridized carbons (Fsp3) is 0.167. The van der Waals surface area contributed by atoms with E-state index in [1.54, 1.807) is 37.3 Å². The van der Waals surface area contributed by atoms with Gasteiger partial charge in [-0.1, -0.05) is 36.4 Å². The fourth-order valence-electron chi connectivity index (χ4n) is 3.10. The van der Waals surface area contributed by atoms with Crippen molar-refractivity contribution in [2.45, 2.75) is 18.7 Å². The molecule has 0 saturated carbocycles. The Labute approximate surface area is 207 Å². The number of methoxy groups -OCH3 is 1. The number of nitrogens with one attached hydrogen (secondary N) is 1. The Morgan fingerprint density at radius 1 is 1.06 bits per heavy atom. The monoisotopic (exact) mass is 577 g/mol. The molecule has 0 heterocycles. The van der Waals surface area contributed by atoms with E-state index in [1.807, 2.05) is 37.3 Å². The second-order valence-electron chi connectivity index (χ2n) is 7.24. The molecular formula is C24H24IN3O4S. The van der Waals surface area contributed by atoms with Gasteiger partial charge in [0.2, 0.25) is 0 Å². The number of carbonyl (C=O) groups excluding carboxylic acids is 1. The average molecular weight is 577 g/mol. The van der Waals surface area contributed by atoms with Crippen LogP contribution >= 0.6 is 22.6 Å². The Morgan fingerprint density at radius 2 is 1.79 bits per heavy atom. The molecular weight excluding hydrogens is 553 g/mol. The van der Waals surface area contributed by atoms with Crippen LogP contribution in [0.5, 0.6) is 5.75 Å². The average Bonchev–Trinajstić information content (AvgIpc) is 2.81. The van der Waals surface area contributed by atoms with Crippen molar-refractivity contribution >= 4 is 49.9 Å². The highest BCUT2D eigenvalue weighted by Crippen LogP contribution is 2.33. The van der Waals surface area contributed by atoms with Gasteiger partial charge in [0.15, 0.2) is 0 Å². The first-order valence-electron chi connectivity index (χ1n) is 10.0. The molecule has 0 aliphatic carbocycles. The van der Waals surface area contributed by atoms with Gasteiger partial charge in [0.1, 0.15) is 12.3 Å². The topological polar surface area (TPSA) is 88.1 Å². The zero-order valence-corrected chi connectivity index (χ0v) is 21.4. The first-order valence-corrected chi connectivity index (χ1v) is 12.6. The third-order valence-electron chi connectivity index (χ3n) is 4.81. The predicted octanol–water partition coefficient (Wildman–Crippen LogP) is 4.34. The number of hydrogen-bond acceptors (Lipinski definition) is 5. The van der Waals surface area contributed by atoms with E-state index in [0.29, 0.717) is 11.5 Å². The number of benzene rings is 3. The van der Waals surface area contributed by atoms with Gasteiger partial charge in [-0.3, -0.25) is 9.10 Å². The minimum atomic E-state index is -4.05. The van der Waals surface area contributed by atoms with E-state index >= 15 is 0 Å². The van der Waals surface area contributed by atoms with Gasteiger partial charge in [-0.15, -0.1) is 0 Å². The van der Waals surface area contributed by atoms with Crippen LogP contribution in [0.3, 0.4) is 0 Å². The minimum absolute atomic E-state index is 0.0694. The quantitative estimate of drug-likeness (QED) is 0.245. The van der Waals surface area contributed by atoms with E-state index in [0.717, 1.165) is 19.0 Å². The van der Waals surface area contributed by atoms with Crippen molar-refractivity contribution in [3.63, 3.8) is 0 Å². The van der Waals surface area contributed by atoms with Crippen LogP contribution in [0.25, 0.3) is 0 Å². The van der Waals surface area contributed by atoms with Crippen LogP contribution in [0.1, 0.15) is 18.1 Å². The second-order valence-corrected chi connectivity index (χ2v) is 10.4. The Balaban J connectivity index is 1.94. The number of ether oxygens (including phenoxy) is 1. The molecule has 0 radical (unpaired) electrons. The Bertz CT molecular complexity index is 1280. The van der Waals surface area contributed by atoms with Crippen molar-refractivity contribution in [2.24, 2.45) is 5.10 Å². The first kappa shape index (κ1) is 24.7. The smallest absolute Gasteiger partial charge is 0.264 e. The number of carbonyl (C=O) groups is 1. The highest BCUT2D eigenvalue weighted by Gasteiger charge is 2.29. The van der Waals surface area contributed by atoms with Gasteiger partial charge in [-0.05, 0) is 84.0 Å². The molecule has 0 aliphatic rings. The van der Waals surface area contributed by atoms with Gasteiger partial charge in [0.25, 0.3) is 15.9 Å². The van der Waals surface area contributed by atoms with Crippen molar-refractivity contribution in [3.8, 4) is 5.75 Å².